The van der Waals surface area contributed by atoms with Gasteiger partial charge in [-0.25, -0.2) is 0 Å². The Morgan fingerprint density at radius 1 is 1.12 bits per heavy atom. The molecule has 4 N–H and O–H groups in total. The molecule has 0 saturated heterocycles. The number of hydrogen-bond donors (Lipinski definition) is 4. The molecule has 0 unspecified atom stereocenters. The van der Waals surface area contributed by atoms with Crippen molar-refractivity contribution in [3.05, 3.63) is 29.8 Å². The summed E-state index contributed by atoms with van der Waals surface area (Å²) in [5.41, 5.74) is 8.18. The molecule has 24 heavy (non-hydrogen) atoms. The van der Waals surface area contributed by atoms with Crippen LogP contribution in [-0.2, 0) is 6.42 Å². The third-order valence-corrected chi connectivity index (χ3v) is 5.33. The highest BCUT2D eigenvalue weighted by Crippen LogP contribution is 2.29. The molecule has 4 nitrogen and oxygen atoms in total. The zero-order chi connectivity index (χ0) is 17.5. The first-order chi connectivity index (χ1) is 11.5. The van der Waals surface area contributed by atoms with Crippen molar-refractivity contribution < 1.29 is 0 Å². The highest BCUT2D eigenvalue weighted by molar-refractivity contribution is 7.80. The second kappa shape index (κ2) is 9.18. The fourth-order valence-electron chi connectivity index (χ4n) is 3.14. The van der Waals surface area contributed by atoms with E-state index < -0.39 is 0 Å². The molecule has 0 spiro atoms. The molecule has 0 amide bonds. The molecular weight excluding hydrogens is 336 g/mol. The van der Waals surface area contributed by atoms with Gasteiger partial charge in [-0.05, 0) is 66.8 Å². The Hall–Kier alpha value is -1.40. The zero-order valence-electron chi connectivity index (χ0n) is 14.7. The molecule has 132 valence electrons. The van der Waals surface area contributed by atoms with Gasteiger partial charge in [-0.15, -0.1) is 0 Å². The first-order valence-electron chi connectivity index (χ1n) is 8.72. The number of aryl methyl sites for hydroxylation is 1. The lowest BCUT2D eigenvalue weighted by atomic mass is 9.78. The van der Waals surface area contributed by atoms with Gasteiger partial charge >= 0.3 is 0 Å². The Bertz CT molecular complexity index is 576. The molecule has 3 atom stereocenters. The molecule has 0 radical (unpaired) electrons. The molecule has 2 rings (SSSR count). The van der Waals surface area contributed by atoms with Gasteiger partial charge in [0.25, 0.3) is 0 Å². The standard InChI is InChI=1S/C18H28N4S2/c1-4-14-8-6-9-15(11-14)19-17(23)21-22-18(24)20-16-10-5-7-12(2)13(16)3/h6,8-9,11-13,16H,4-5,7,10H2,1-3H3,(H2,19,21,23)(H2,20,22,24)/t12-,13+,16-/m1/s1. The van der Waals surface area contributed by atoms with Crippen molar-refractivity contribution >= 4 is 40.3 Å². The van der Waals surface area contributed by atoms with Crippen molar-refractivity contribution in [3.63, 3.8) is 0 Å². The van der Waals surface area contributed by atoms with E-state index in [-0.39, 0.29) is 0 Å². The Labute approximate surface area is 156 Å². The van der Waals surface area contributed by atoms with E-state index >= 15 is 0 Å². The monoisotopic (exact) mass is 364 g/mol. The Kier molecular flexibility index (Phi) is 7.24. The summed E-state index contributed by atoms with van der Waals surface area (Å²) in [5, 5.41) is 7.66. The third-order valence-electron chi connectivity index (χ3n) is 4.91. The van der Waals surface area contributed by atoms with Gasteiger partial charge in [-0.2, -0.15) is 0 Å². The Morgan fingerprint density at radius 3 is 2.62 bits per heavy atom. The molecule has 6 heteroatoms. The van der Waals surface area contributed by atoms with Gasteiger partial charge in [0, 0.05) is 11.7 Å². The number of rotatable bonds is 3. The summed E-state index contributed by atoms with van der Waals surface area (Å²) < 4.78 is 0. The predicted molar refractivity (Wildman–Crippen MR) is 110 cm³/mol. The smallest absolute Gasteiger partial charge is 0.189 e. The van der Waals surface area contributed by atoms with Crippen molar-refractivity contribution in [2.45, 2.75) is 52.5 Å². The summed E-state index contributed by atoms with van der Waals surface area (Å²) in [4.78, 5) is 0. The maximum atomic E-state index is 5.38. The second-order valence-corrected chi connectivity index (χ2v) is 7.42. The van der Waals surface area contributed by atoms with Crippen LogP contribution < -0.4 is 21.5 Å². The van der Waals surface area contributed by atoms with Gasteiger partial charge in [0.2, 0.25) is 0 Å². The Morgan fingerprint density at radius 2 is 1.88 bits per heavy atom. The lowest BCUT2D eigenvalue weighted by Crippen LogP contribution is -2.53. The first kappa shape index (κ1) is 18.9. The summed E-state index contributed by atoms with van der Waals surface area (Å²) in [6.07, 6.45) is 4.73. The lowest BCUT2D eigenvalue weighted by Gasteiger charge is -2.35. The van der Waals surface area contributed by atoms with Crippen LogP contribution >= 0.6 is 24.4 Å². The van der Waals surface area contributed by atoms with Crippen molar-refractivity contribution in [2.75, 3.05) is 5.32 Å². The van der Waals surface area contributed by atoms with E-state index in [4.69, 9.17) is 24.4 Å². The average Bonchev–Trinajstić information content (AvgIpc) is 2.57. The third kappa shape index (κ3) is 5.60. The van der Waals surface area contributed by atoms with Crippen LogP contribution in [0.4, 0.5) is 5.69 Å². The highest BCUT2D eigenvalue weighted by Gasteiger charge is 2.27. The van der Waals surface area contributed by atoms with E-state index in [1.54, 1.807) is 0 Å². The van der Waals surface area contributed by atoms with Crippen molar-refractivity contribution in [3.8, 4) is 0 Å². The van der Waals surface area contributed by atoms with E-state index in [1.165, 1.54) is 24.8 Å². The SMILES string of the molecule is CCc1cccc(NC(=S)NNC(=S)N[C@@H]2CCC[C@@H](C)[C@@H]2C)c1. The minimum Gasteiger partial charge on any atom is -0.358 e. The number of hydrazine groups is 1. The van der Waals surface area contributed by atoms with E-state index in [0.717, 1.165) is 18.0 Å². The van der Waals surface area contributed by atoms with Crippen molar-refractivity contribution in [1.82, 2.24) is 16.2 Å². The average molecular weight is 365 g/mol. The van der Waals surface area contributed by atoms with Crippen molar-refractivity contribution in [2.24, 2.45) is 11.8 Å². The van der Waals surface area contributed by atoms with Crippen LogP contribution in [0.2, 0.25) is 0 Å². The number of benzene rings is 1. The maximum Gasteiger partial charge on any atom is 0.189 e. The van der Waals surface area contributed by atoms with Gasteiger partial charge in [-0.1, -0.05) is 45.7 Å². The van der Waals surface area contributed by atoms with E-state index in [9.17, 15) is 0 Å². The van der Waals surface area contributed by atoms with Gasteiger partial charge in [0.05, 0.1) is 0 Å². The molecule has 1 aromatic rings. The van der Waals surface area contributed by atoms with Gasteiger partial charge < -0.3 is 10.6 Å². The number of hydrogen-bond acceptors (Lipinski definition) is 2. The molecule has 0 aromatic heterocycles. The lowest BCUT2D eigenvalue weighted by molar-refractivity contribution is 0.224. The largest absolute Gasteiger partial charge is 0.358 e. The van der Waals surface area contributed by atoms with Crippen molar-refractivity contribution in [1.29, 1.82) is 0 Å². The second-order valence-electron chi connectivity index (χ2n) is 6.61. The van der Waals surface area contributed by atoms with Gasteiger partial charge in [-0.3, -0.25) is 10.9 Å². The normalized spacial score (nSPS) is 23.2. The van der Waals surface area contributed by atoms with Crippen LogP contribution in [0.25, 0.3) is 0 Å². The molecule has 1 aliphatic carbocycles. The van der Waals surface area contributed by atoms with Crippen LogP contribution in [0.1, 0.15) is 45.6 Å². The number of thiocarbonyl (C=S) groups is 2. The summed E-state index contributed by atoms with van der Waals surface area (Å²) in [7, 11) is 0. The quantitative estimate of drug-likeness (QED) is 0.484. The fourth-order valence-corrected chi connectivity index (χ4v) is 3.51. The summed E-state index contributed by atoms with van der Waals surface area (Å²) in [6, 6.07) is 8.64. The topological polar surface area (TPSA) is 48.1 Å². The Balaban J connectivity index is 1.75. The highest BCUT2D eigenvalue weighted by atomic mass is 32.1. The van der Waals surface area contributed by atoms with E-state index in [0.29, 0.717) is 22.2 Å². The van der Waals surface area contributed by atoms with Crippen LogP contribution in [0.3, 0.4) is 0 Å². The summed E-state index contributed by atoms with van der Waals surface area (Å²) in [6.45, 7) is 6.75. The van der Waals surface area contributed by atoms with E-state index in [2.05, 4.69) is 54.4 Å². The molecule has 1 fully saturated rings. The summed E-state index contributed by atoms with van der Waals surface area (Å²) >= 11 is 10.7. The molecule has 0 bridgehead atoms. The first-order valence-corrected chi connectivity index (χ1v) is 9.53. The predicted octanol–water partition coefficient (Wildman–Crippen LogP) is 3.74. The van der Waals surface area contributed by atoms with Crippen LogP contribution in [0.15, 0.2) is 24.3 Å². The fraction of sp³-hybridized carbons (Fsp3) is 0.556. The van der Waals surface area contributed by atoms with Crippen LogP contribution in [-0.4, -0.2) is 16.3 Å². The zero-order valence-corrected chi connectivity index (χ0v) is 16.3. The van der Waals surface area contributed by atoms with Gasteiger partial charge in [0.1, 0.15) is 0 Å². The van der Waals surface area contributed by atoms with Crippen LogP contribution in [0.5, 0.6) is 0 Å². The van der Waals surface area contributed by atoms with E-state index in [1.807, 2.05) is 12.1 Å². The summed E-state index contributed by atoms with van der Waals surface area (Å²) in [5.74, 6) is 1.36. The minimum atomic E-state index is 0.429. The number of anilines is 1. The van der Waals surface area contributed by atoms with Crippen LogP contribution in [0, 0.1) is 11.8 Å². The molecular formula is C18H28N4S2. The maximum absolute atomic E-state index is 5.38. The molecule has 1 aliphatic rings. The number of nitrogens with one attached hydrogen (secondary N) is 4. The molecule has 1 saturated carbocycles. The molecule has 1 aromatic carbocycles. The molecule has 0 aliphatic heterocycles. The van der Waals surface area contributed by atoms with Gasteiger partial charge in [0.15, 0.2) is 10.2 Å². The molecule has 0 heterocycles. The minimum absolute atomic E-state index is 0.429.